The van der Waals surface area contributed by atoms with Gasteiger partial charge in [-0.3, -0.25) is 4.79 Å². The van der Waals surface area contributed by atoms with Gasteiger partial charge in [-0.2, -0.15) is 0 Å². The molecule has 0 saturated heterocycles. The summed E-state index contributed by atoms with van der Waals surface area (Å²) in [5.41, 5.74) is 1.64. The van der Waals surface area contributed by atoms with Gasteiger partial charge in [0, 0.05) is 16.9 Å². The second-order valence-corrected chi connectivity index (χ2v) is 14.6. The number of amides is 1. The largest absolute Gasteiger partial charge is 0.573 e. The van der Waals surface area contributed by atoms with Crippen molar-refractivity contribution < 1.29 is 37.0 Å². The molecule has 0 N–H and O–H groups in total. The number of rotatable bonds is 10. The highest BCUT2D eigenvalue weighted by molar-refractivity contribution is 14.1. The van der Waals surface area contributed by atoms with Crippen molar-refractivity contribution in [2.45, 2.75) is 86.6 Å². The lowest BCUT2D eigenvalue weighted by Crippen LogP contribution is -2.55. The molecule has 0 aliphatic heterocycles. The number of methoxy groups -OCH3 is 1. The Hall–Kier alpha value is -3.02. The Bertz CT molecular complexity index is 1430. The van der Waals surface area contributed by atoms with Gasteiger partial charge in [0.1, 0.15) is 23.2 Å². The number of hydrogen-bond acceptors (Lipinski definition) is 5. The van der Waals surface area contributed by atoms with Crippen molar-refractivity contribution >= 4 is 40.0 Å². The fourth-order valence-corrected chi connectivity index (χ4v) is 8.62. The van der Waals surface area contributed by atoms with Crippen LogP contribution < -0.4 is 4.74 Å². The van der Waals surface area contributed by atoms with Crippen molar-refractivity contribution in [3.63, 3.8) is 0 Å². The first kappa shape index (κ1) is 34.3. The Morgan fingerprint density at radius 3 is 2.41 bits per heavy atom. The van der Waals surface area contributed by atoms with Crippen molar-refractivity contribution in [2.24, 2.45) is 11.8 Å². The molecule has 10 heteroatoms. The molecule has 5 unspecified atom stereocenters. The monoisotopic (exact) mass is 751 g/mol. The molecule has 3 aliphatic rings. The highest BCUT2D eigenvalue weighted by Gasteiger charge is 2.47. The molecule has 2 saturated carbocycles. The van der Waals surface area contributed by atoms with E-state index < -0.39 is 23.8 Å². The number of esters is 1. The van der Waals surface area contributed by atoms with Gasteiger partial charge >= 0.3 is 18.2 Å². The van der Waals surface area contributed by atoms with E-state index in [2.05, 4.69) is 39.5 Å². The van der Waals surface area contributed by atoms with Gasteiger partial charge in [0.05, 0.1) is 7.11 Å². The van der Waals surface area contributed by atoms with Crippen LogP contribution in [0.1, 0.15) is 69.4 Å². The first-order valence-electron chi connectivity index (χ1n) is 16.0. The van der Waals surface area contributed by atoms with E-state index in [1.165, 1.54) is 31.2 Å². The number of unbranched alkanes of at least 4 members (excludes halogenated alkanes) is 1. The summed E-state index contributed by atoms with van der Waals surface area (Å²) in [6, 6.07) is 15.8. The van der Waals surface area contributed by atoms with Gasteiger partial charge < -0.3 is 19.1 Å². The molecule has 2 aromatic rings. The molecule has 6 nitrogen and oxygen atoms in total. The molecule has 0 heterocycles. The Kier molecular flexibility index (Phi) is 11.1. The Labute approximate surface area is 282 Å². The quantitative estimate of drug-likeness (QED) is 0.0803. The lowest BCUT2D eigenvalue weighted by molar-refractivity contribution is -0.274. The second-order valence-electron chi connectivity index (χ2n) is 12.8. The number of carbonyl (C=O) groups is 2. The number of benzene rings is 2. The maximum Gasteiger partial charge on any atom is 0.573 e. The van der Waals surface area contributed by atoms with E-state index in [1.54, 1.807) is 17.0 Å². The molecular formula is C36H41F3INO5. The van der Waals surface area contributed by atoms with Crippen LogP contribution in [0.25, 0.3) is 5.57 Å². The maximum atomic E-state index is 13.7. The van der Waals surface area contributed by atoms with Crippen LogP contribution in [0.5, 0.6) is 5.75 Å². The average molecular weight is 752 g/mol. The number of carbonyl (C=O) groups excluding carboxylic acids is 2. The molecule has 2 aromatic carbocycles. The third-order valence-electron chi connectivity index (χ3n) is 9.55. The zero-order chi connectivity index (χ0) is 32.9. The molecule has 3 aliphatic carbocycles. The smallest absolute Gasteiger partial charge is 0.492 e. The number of nitrogens with zero attached hydrogens (tertiary/aromatic N) is 1. The molecule has 5 rings (SSSR count). The third kappa shape index (κ3) is 8.46. The van der Waals surface area contributed by atoms with Gasteiger partial charge in [0.25, 0.3) is 0 Å². The van der Waals surface area contributed by atoms with Crippen molar-refractivity contribution in [2.75, 3.05) is 13.7 Å². The average Bonchev–Trinajstić information content (AvgIpc) is 3.02. The van der Waals surface area contributed by atoms with E-state index in [-0.39, 0.29) is 11.9 Å². The molecule has 0 radical (unpaired) electrons. The summed E-state index contributed by atoms with van der Waals surface area (Å²) in [7, 11) is 1.20. The van der Waals surface area contributed by atoms with Crippen molar-refractivity contribution in [1.82, 2.24) is 4.90 Å². The van der Waals surface area contributed by atoms with Gasteiger partial charge in [0.2, 0.25) is 0 Å². The highest BCUT2D eigenvalue weighted by atomic mass is 127. The summed E-state index contributed by atoms with van der Waals surface area (Å²) in [4.78, 5) is 28.1. The number of ether oxygens (including phenoxy) is 3. The number of hydrogen-bond donors (Lipinski definition) is 0. The van der Waals surface area contributed by atoms with Crippen LogP contribution in [0, 0.1) is 11.8 Å². The maximum absolute atomic E-state index is 13.7. The van der Waals surface area contributed by atoms with E-state index in [4.69, 9.17) is 9.47 Å². The van der Waals surface area contributed by atoms with Gasteiger partial charge in [-0.05, 0) is 105 Å². The third-order valence-corrected chi connectivity index (χ3v) is 10.6. The standard InChI is InChI=1S/C36H41F3INO5/c1-35(41(33(42)34(43)44-2)19-7-6-10-24-8-4-3-5-9-24)23-27(26-12-15-30(16-13-26)46-36(37,38)39)14-18-32(35)45-31-17-11-25-20-28(31)22-29(40)21-25/h3-5,8-9,12-16,18,25,28-29,31H,6-7,10-11,17,19-23H2,1-2H3. The number of fused-ring (bicyclic) bond motifs is 2. The normalized spacial score (nSPS) is 26.0. The van der Waals surface area contributed by atoms with Crippen LogP contribution in [0.15, 0.2) is 72.5 Å². The Morgan fingerprint density at radius 2 is 1.72 bits per heavy atom. The van der Waals surface area contributed by atoms with Crippen LogP contribution in [-0.4, -0.2) is 52.4 Å². The fourth-order valence-electron chi connectivity index (χ4n) is 7.25. The summed E-state index contributed by atoms with van der Waals surface area (Å²) in [5.74, 6) is -0.260. The first-order valence-corrected chi connectivity index (χ1v) is 17.2. The predicted molar refractivity (Wildman–Crippen MR) is 178 cm³/mol. The van der Waals surface area contributed by atoms with Crippen LogP contribution in [-0.2, 0) is 25.5 Å². The summed E-state index contributed by atoms with van der Waals surface area (Å²) in [6.45, 7) is 2.22. The zero-order valence-corrected chi connectivity index (χ0v) is 28.4. The molecule has 248 valence electrons. The fraction of sp³-hybridized carbons (Fsp3) is 0.500. The van der Waals surface area contributed by atoms with E-state index >= 15 is 0 Å². The van der Waals surface area contributed by atoms with Crippen molar-refractivity contribution in [3.05, 3.63) is 83.6 Å². The van der Waals surface area contributed by atoms with E-state index in [9.17, 15) is 22.8 Å². The lowest BCUT2D eigenvalue weighted by atomic mass is 9.70. The van der Waals surface area contributed by atoms with Gasteiger partial charge in [-0.1, -0.05) is 71.1 Å². The zero-order valence-electron chi connectivity index (χ0n) is 26.2. The van der Waals surface area contributed by atoms with Crippen molar-refractivity contribution in [1.29, 1.82) is 0 Å². The van der Waals surface area contributed by atoms with E-state index in [0.717, 1.165) is 44.1 Å². The molecule has 2 fully saturated rings. The minimum absolute atomic E-state index is 0.00120. The summed E-state index contributed by atoms with van der Waals surface area (Å²) >= 11 is 2.55. The molecular weight excluding hydrogens is 710 g/mol. The minimum atomic E-state index is -4.79. The second kappa shape index (κ2) is 14.8. The number of aryl methyl sites for hydroxylation is 1. The summed E-state index contributed by atoms with van der Waals surface area (Å²) in [6.07, 6.45) is 7.06. The van der Waals surface area contributed by atoms with Crippen LogP contribution in [0.2, 0.25) is 0 Å². The Balaban J connectivity index is 1.44. The minimum Gasteiger partial charge on any atom is -0.492 e. The summed E-state index contributed by atoms with van der Waals surface area (Å²) in [5, 5.41) is 0. The lowest BCUT2D eigenvalue weighted by Gasteiger charge is -2.48. The van der Waals surface area contributed by atoms with Crippen LogP contribution >= 0.6 is 22.6 Å². The number of halogens is 4. The van der Waals surface area contributed by atoms with E-state index in [1.807, 2.05) is 37.3 Å². The number of allylic oxidation sites excluding steroid dienone is 2. The van der Waals surface area contributed by atoms with Crippen LogP contribution in [0.3, 0.4) is 0 Å². The molecule has 0 spiro atoms. The van der Waals surface area contributed by atoms with Crippen LogP contribution in [0.4, 0.5) is 13.2 Å². The number of alkyl halides is 4. The predicted octanol–water partition coefficient (Wildman–Crippen LogP) is 8.44. The van der Waals surface area contributed by atoms with Gasteiger partial charge in [0.15, 0.2) is 0 Å². The van der Waals surface area contributed by atoms with E-state index in [0.29, 0.717) is 46.5 Å². The van der Waals surface area contributed by atoms with Gasteiger partial charge in [-0.25, -0.2) is 4.79 Å². The molecule has 0 aromatic heterocycles. The van der Waals surface area contributed by atoms with Gasteiger partial charge in [-0.15, -0.1) is 13.2 Å². The first-order chi connectivity index (χ1) is 21.9. The highest BCUT2D eigenvalue weighted by Crippen LogP contribution is 2.47. The molecule has 2 bridgehead atoms. The van der Waals surface area contributed by atoms with Crippen molar-refractivity contribution in [3.8, 4) is 5.75 Å². The topological polar surface area (TPSA) is 65.1 Å². The summed E-state index contributed by atoms with van der Waals surface area (Å²) < 4.78 is 54.8. The molecule has 1 amide bonds. The molecule has 5 atom stereocenters. The SMILES string of the molecule is COC(=O)C(=O)N(CCCCc1ccccc1)C1(C)CC(c2ccc(OC(F)(F)F)cc2)=CC=C1OC1CCC2CC(I)CC1C2. The Morgan fingerprint density at radius 1 is 0.978 bits per heavy atom. The molecule has 46 heavy (non-hydrogen) atoms.